The molecule has 1 rings (SSSR count). The Morgan fingerprint density at radius 3 is 2.05 bits per heavy atom. The maximum Gasteiger partial charge on any atom is 0.115 e. The molecule has 0 bridgehead atoms. The van der Waals surface area contributed by atoms with Crippen LogP contribution in [-0.2, 0) is 6.42 Å². The predicted molar refractivity (Wildman–Crippen MR) is 86.3 cm³/mol. The molecule has 0 amide bonds. The Morgan fingerprint density at radius 1 is 1.10 bits per heavy atom. The molecule has 1 atom stereocenters. The highest BCUT2D eigenvalue weighted by atomic mass is 16.3. The summed E-state index contributed by atoms with van der Waals surface area (Å²) in [5, 5.41) is 13.1. The van der Waals surface area contributed by atoms with Crippen molar-refractivity contribution in [1.82, 2.24) is 10.2 Å². The van der Waals surface area contributed by atoms with Crippen LogP contribution in [0.5, 0.6) is 5.75 Å². The van der Waals surface area contributed by atoms with Crippen molar-refractivity contribution in [3.63, 3.8) is 0 Å². The Kier molecular flexibility index (Phi) is 6.50. The number of nitrogens with zero attached hydrogens (tertiary/aromatic N) is 1. The highest BCUT2D eigenvalue weighted by molar-refractivity contribution is 5.27. The Balaban J connectivity index is 2.99. The minimum atomic E-state index is 0.161. The molecule has 1 aromatic rings. The zero-order valence-corrected chi connectivity index (χ0v) is 13.6. The van der Waals surface area contributed by atoms with E-state index in [1.54, 1.807) is 12.1 Å². The quantitative estimate of drug-likeness (QED) is 0.767. The molecule has 114 valence electrons. The number of likely N-dealkylation sites (N-methyl/N-ethyl adjacent to an activating group) is 2. The van der Waals surface area contributed by atoms with Crippen LogP contribution in [0.3, 0.4) is 0 Å². The first-order chi connectivity index (χ1) is 9.50. The minimum absolute atomic E-state index is 0.161. The number of benzene rings is 1. The van der Waals surface area contributed by atoms with E-state index in [-0.39, 0.29) is 5.54 Å². The number of hydrogen-bond donors (Lipinski definition) is 2. The molecule has 0 spiro atoms. The molecule has 20 heavy (non-hydrogen) atoms. The van der Waals surface area contributed by atoms with Gasteiger partial charge in [0.05, 0.1) is 0 Å². The molecule has 0 fully saturated rings. The van der Waals surface area contributed by atoms with Gasteiger partial charge in [0.25, 0.3) is 0 Å². The van der Waals surface area contributed by atoms with E-state index >= 15 is 0 Å². The summed E-state index contributed by atoms with van der Waals surface area (Å²) in [6.07, 6.45) is 3.21. The average molecular weight is 278 g/mol. The number of nitrogens with one attached hydrogen (secondary N) is 1. The van der Waals surface area contributed by atoms with E-state index in [2.05, 4.69) is 45.1 Å². The van der Waals surface area contributed by atoms with Crippen molar-refractivity contribution in [2.24, 2.45) is 0 Å². The van der Waals surface area contributed by atoms with Crippen molar-refractivity contribution in [3.8, 4) is 5.75 Å². The van der Waals surface area contributed by atoms with Gasteiger partial charge < -0.3 is 15.3 Å². The van der Waals surface area contributed by atoms with Gasteiger partial charge in [0.1, 0.15) is 5.75 Å². The maximum atomic E-state index is 9.41. The molecule has 2 N–H and O–H groups in total. The second-order valence-electron chi connectivity index (χ2n) is 5.69. The SMILES string of the molecule is CCNC(Cc1ccc(O)cc1)C(CC)(CC)N(C)C. The second kappa shape index (κ2) is 7.65. The van der Waals surface area contributed by atoms with Crippen LogP contribution in [0.25, 0.3) is 0 Å². The van der Waals surface area contributed by atoms with Crippen molar-refractivity contribution >= 4 is 0 Å². The molecule has 0 aliphatic heterocycles. The van der Waals surface area contributed by atoms with Crippen LogP contribution in [0.2, 0.25) is 0 Å². The van der Waals surface area contributed by atoms with Crippen LogP contribution in [0, 0.1) is 0 Å². The summed E-state index contributed by atoms with van der Waals surface area (Å²) in [5.74, 6) is 0.332. The predicted octanol–water partition coefficient (Wildman–Crippen LogP) is 3.03. The minimum Gasteiger partial charge on any atom is -0.508 e. The molecular weight excluding hydrogens is 248 g/mol. The van der Waals surface area contributed by atoms with Gasteiger partial charge >= 0.3 is 0 Å². The van der Waals surface area contributed by atoms with Gasteiger partial charge in [0.2, 0.25) is 0 Å². The lowest BCUT2D eigenvalue weighted by Crippen LogP contribution is -2.59. The lowest BCUT2D eigenvalue weighted by Gasteiger charge is -2.45. The summed E-state index contributed by atoms with van der Waals surface area (Å²) in [6, 6.07) is 7.99. The van der Waals surface area contributed by atoms with Crippen LogP contribution in [0.1, 0.15) is 39.2 Å². The Bertz CT molecular complexity index is 382. The summed E-state index contributed by atoms with van der Waals surface area (Å²) in [5.41, 5.74) is 1.43. The Hall–Kier alpha value is -1.06. The monoisotopic (exact) mass is 278 g/mol. The number of phenols is 1. The summed E-state index contributed by atoms with van der Waals surface area (Å²) in [6.45, 7) is 7.67. The van der Waals surface area contributed by atoms with Crippen molar-refractivity contribution < 1.29 is 5.11 Å². The van der Waals surface area contributed by atoms with E-state index in [1.807, 2.05) is 12.1 Å². The maximum absolute atomic E-state index is 9.41. The summed E-state index contributed by atoms with van der Waals surface area (Å²) >= 11 is 0. The van der Waals surface area contributed by atoms with Gasteiger partial charge in [-0.15, -0.1) is 0 Å². The van der Waals surface area contributed by atoms with Crippen molar-refractivity contribution in [1.29, 1.82) is 0 Å². The first-order valence-corrected chi connectivity index (χ1v) is 7.68. The number of phenolic OH excluding ortho intramolecular Hbond substituents is 1. The van der Waals surface area contributed by atoms with Gasteiger partial charge in [-0.05, 0) is 57.6 Å². The fourth-order valence-electron chi connectivity index (χ4n) is 3.25. The first-order valence-electron chi connectivity index (χ1n) is 7.68. The summed E-state index contributed by atoms with van der Waals surface area (Å²) < 4.78 is 0. The van der Waals surface area contributed by atoms with Crippen LogP contribution in [-0.4, -0.2) is 42.2 Å². The Morgan fingerprint density at radius 2 is 1.65 bits per heavy atom. The normalized spacial score (nSPS) is 13.7. The van der Waals surface area contributed by atoms with E-state index in [9.17, 15) is 5.11 Å². The molecule has 0 saturated heterocycles. The van der Waals surface area contributed by atoms with Crippen molar-refractivity contribution in [2.45, 2.75) is 51.6 Å². The molecule has 3 heteroatoms. The van der Waals surface area contributed by atoms with E-state index in [0.717, 1.165) is 25.8 Å². The average Bonchev–Trinajstić information content (AvgIpc) is 2.43. The largest absolute Gasteiger partial charge is 0.508 e. The molecule has 0 heterocycles. The van der Waals surface area contributed by atoms with E-state index in [4.69, 9.17) is 0 Å². The van der Waals surface area contributed by atoms with Gasteiger partial charge in [0.15, 0.2) is 0 Å². The van der Waals surface area contributed by atoms with Gasteiger partial charge in [-0.1, -0.05) is 32.9 Å². The highest BCUT2D eigenvalue weighted by Crippen LogP contribution is 2.28. The number of hydrogen-bond acceptors (Lipinski definition) is 3. The van der Waals surface area contributed by atoms with Gasteiger partial charge in [0, 0.05) is 11.6 Å². The highest BCUT2D eigenvalue weighted by Gasteiger charge is 2.37. The fraction of sp³-hybridized carbons (Fsp3) is 0.647. The van der Waals surface area contributed by atoms with Crippen LogP contribution >= 0.6 is 0 Å². The second-order valence-corrected chi connectivity index (χ2v) is 5.69. The van der Waals surface area contributed by atoms with E-state index in [1.165, 1.54) is 5.56 Å². The molecular formula is C17H30N2O. The van der Waals surface area contributed by atoms with Crippen LogP contribution in [0.15, 0.2) is 24.3 Å². The Labute approximate surface area is 124 Å². The van der Waals surface area contributed by atoms with Crippen molar-refractivity contribution in [2.75, 3.05) is 20.6 Å². The van der Waals surface area contributed by atoms with E-state index in [0.29, 0.717) is 11.8 Å². The topological polar surface area (TPSA) is 35.5 Å². The standard InChI is InChI=1S/C17H30N2O/c1-6-17(7-2,19(4)5)16(18-8-3)13-14-9-11-15(20)12-10-14/h9-12,16,18,20H,6-8,13H2,1-5H3. The number of aromatic hydroxyl groups is 1. The third-order valence-corrected chi connectivity index (χ3v) is 4.59. The molecule has 0 aliphatic carbocycles. The molecule has 0 aromatic heterocycles. The van der Waals surface area contributed by atoms with Gasteiger partial charge in [-0.3, -0.25) is 0 Å². The van der Waals surface area contributed by atoms with Crippen molar-refractivity contribution in [3.05, 3.63) is 29.8 Å². The molecule has 3 nitrogen and oxygen atoms in total. The summed E-state index contributed by atoms with van der Waals surface area (Å²) in [4.78, 5) is 2.36. The van der Waals surface area contributed by atoms with Gasteiger partial charge in [-0.2, -0.15) is 0 Å². The van der Waals surface area contributed by atoms with Crippen LogP contribution < -0.4 is 5.32 Å². The van der Waals surface area contributed by atoms with E-state index < -0.39 is 0 Å². The molecule has 0 aliphatic rings. The smallest absolute Gasteiger partial charge is 0.115 e. The number of rotatable bonds is 8. The third-order valence-electron chi connectivity index (χ3n) is 4.59. The zero-order valence-electron chi connectivity index (χ0n) is 13.6. The third kappa shape index (κ3) is 3.74. The van der Waals surface area contributed by atoms with Crippen LogP contribution in [0.4, 0.5) is 0 Å². The molecule has 0 saturated carbocycles. The summed E-state index contributed by atoms with van der Waals surface area (Å²) in [7, 11) is 4.35. The lowest BCUT2D eigenvalue weighted by molar-refractivity contribution is 0.0889. The molecule has 0 radical (unpaired) electrons. The molecule has 1 unspecified atom stereocenters. The zero-order chi connectivity index (χ0) is 15.2. The lowest BCUT2D eigenvalue weighted by atomic mass is 9.80. The molecule has 1 aromatic carbocycles. The first kappa shape index (κ1) is 17.0. The van der Waals surface area contributed by atoms with Gasteiger partial charge in [-0.25, -0.2) is 0 Å². The fourth-order valence-corrected chi connectivity index (χ4v) is 3.25.